The number of para-hydroxylation sites is 2. The standard InChI is InChI=1S/C16H24N2O3/c1-4-11-17-16(20)10-12-18(13(3)19)14-8-6-7-9-15(14)21-5-2/h6-9H,4-5,10-12H2,1-3H3,(H,17,20). The van der Waals surface area contributed by atoms with Crippen molar-refractivity contribution in [2.75, 3.05) is 24.6 Å². The predicted octanol–water partition coefficient (Wildman–Crippen LogP) is 2.35. The van der Waals surface area contributed by atoms with Crippen LogP contribution >= 0.6 is 0 Å². The molecule has 0 aromatic heterocycles. The van der Waals surface area contributed by atoms with Crippen LogP contribution in [0.3, 0.4) is 0 Å². The molecule has 0 atom stereocenters. The summed E-state index contributed by atoms with van der Waals surface area (Å²) in [5, 5.41) is 2.81. The van der Waals surface area contributed by atoms with Crippen LogP contribution < -0.4 is 15.0 Å². The van der Waals surface area contributed by atoms with Crippen molar-refractivity contribution in [2.45, 2.75) is 33.6 Å². The number of hydrogen-bond acceptors (Lipinski definition) is 3. The fourth-order valence-corrected chi connectivity index (χ4v) is 1.97. The summed E-state index contributed by atoms with van der Waals surface area (Å²) in [5.41, 5.74) is 0.704. The zero-order valence-corrected chi connectivity index (χ0v) is 13.0. The molecule has 5 nitrogen and oxygen atoms in total. The Labute approximate surface area is 126 Å². The molecule has 21 heavy (non-hydrogen) atoms. The fraction of sp³-hybridized carbons (Fsp3) is 0.500. The van der Waals surface area contributed by atoms with Gasteiger partial charge in [-0.25, -0.2) is 0 Å². The highest BCUT2D eigenvalue weighted by Gasteiger charge is 2.17. The quantitative estimate of drug-likeness (QED) is 0.800. The van der Waals surface area contributed by atoms with Gasteiger partial charge in [0.15, 0.2) is 0 Å². The van der Waals surface area contributed by atoms with Crippen LogP contribution in [-0.4, -0.2) is 31.5 Å². The highest BCUT2D eigenvalue weighted by Crippen LogP contribution is 2.28. The molecule has 1 rings (SSSR count). The number of rotatable bonds is 8. The molecule has 116 valence electrons. The number of carbonyl (C=O) groups excluding carboxylic acids is 2. The highest BCUT2D eigenvalue weighted by molar-refractivity contribution is 5.93. The Bertz CT molecular complexity index is 474. The average Bonchev–Trinajstić information content (AvgIpc) is 2.47. The van der Waals surface area contributed by atoms with E-state index in [9.17, 15) is 9.59 Å². The lowest BCUT2D eigenvalue weighted by molar-refractivity contribution is -0.121. The lowest BCUT2D eigenvalue weighted by Gasteiger charge is -2.23. The molecular formula is C16H24N2O3. The molecule has 0 unspecified atom stereocenters. The van der Waals surface area contributed by atoms with Gasteiger partial charge >= 0.3 is 0 Å². The van der Waals surface area contributed by atoms with Crippen molar-refractivity contribution in [3.05, 3.63) is 24.3 Å². The molecule has 0 saturated heterocycles. The second-order valence-corrected chi connectivity index (χ2v) is 4.67. The molecule has 1 N–H and O–H groups in total. The van der Waals surface area contributed by atoms with Crippen molar-refractivity contribution in [3.63, 3.8) is 0 Å². The first-order chi connectivity index (χ1) is 10.1. The van der Waals surface area contributed by atoms with Gasteiger partial charge in [-0.3, -0.25) is 9.59 Å². The minimum absolute atomic E-state index is 0.0445. The summed E-state index contributed by atoms with van der Waals surface area (Å²) in [4.78, 5) is 25.1. The molecule has 0 saturated carbocycles. The number of benzene rings is 1. The van der Waals surface area contributed by atoms with Crippen molar-refractivity contribution in [1.82, 2.24) is 5.32 Å². The number of carbonyl (C=O) groups is 2. The zero-order valence-electron chi connectivity index (χ0n) is 13.0. The molecule has 0 aliphatic carbocycles. The van der Waals surface area contributed by atoms with Crippen molar-refractivity contribution >= 4 is 17.5 Å². The van der Waals surface area contributed by atoms with Crippen molar-refractivity contribution in [2.24, 2.45) is 0 Å². The Balaban J connectivity index is 2.78. The van der Waals surface area contributed by atoms with Gasteiger partial charge in [0, 0.05) is 26.4 Å². The molecule has 0 fully saturated rings. The topological polar surface area (TPSA) is 58.6 Å². The summed E-state index contributed by atoms with van der Waals surface area (Å²) in [6.45, 7) is 6.92. The molecule has 2 amide bonds. The van der Waals surface area contributed by atoms with Gasteiger partial charge in [0.25, 0.3) is 0 Å². The number of anilines is 1. The molecule has 1 aromatic rings. The number of ether oxygens (including phenoxy) is 1. The average molecular weight is 292 g/mol. The first-order valence-corrected chi connectivity index (χ1v) is 7.36. The Morgan fingerprint density at radius 2 is 1.95 bits per heavy atom. The molecule has 0 spiro atoms. The van der Waals surface area contributed by atoms with Crippen LogP contribution in [0.2, 0.25) is 0 Å². The summed E-state index contributed by atoms with van der Waals surface area (Å²) in [7, 11) is 0. The number of hydrogen-bond donors (Lipinski definition) is 1. The molecule has 0 aliphatic rings. The fourth-order valence-electron chi connectivity index (χ4n) is 1.97. The molecule has 0 heterocycles. The van der Waals surface area contributed by atoms with Crippen LogP contribution in [0.15, 0.2) is 24.3 Å². The summed E-state index contributed by atoms with van der Waals surface area (Å²) < 4.78 is 5.55. The van der Waals surface area contributed by atoms with Gasteiger partial charge in [-0.05, 0) is 25.5 Å². The molecule has 5 heteroatoms. The van der Waals surface area contributed by atoms with E-state index in [4.69, 9.17) is 4.74 Å². The van der Waals surface area contributed by atoms with E-state index in [-0.39, 0.29) is 18.2 Å². The molecular weight excluding hydrogens is 268 g/mol. The first kappa shape index (κ1) is 17.0. The number of nitrogens with zero attached hydrogens (tertiary/aromatic N) is 1. The van der Waals surface area contributed by atoms with E-state index >= 15 is 0 Å². The third-order valence-corrected chi connectivity index (χ3v) is 2.97. The minimum atomic E-state index is -0.106. The van der Waals surface area contributed by atoms with Crippen LogP contribution in [0, 0.1) is 0 Å². The third kappa shape index (κ3) is 5.45. The van der Waals surface area contributed by atoms with Gasteiger partial charge in [0.1, 0.15) is 5.75 Å². The van der Waals surface area contributed by atoms with Crippen molar-refractivity contribution < 1.29 is 14.3 Å². The lowest BCUT2D eigenvalue weighted by atomic mass is 10.2. The minimum Gasteiger partial charge on any atom is -0.492 e. The van der Waals surface area contributed by atoms with Crippen LogP contribution in [0.5, 0.6) is 5.75 Å². The van der Waals surface area contributed by atoms with E-state index in [0.29, 0.717) is 31.1 Å². The second kappa shape index (κ2) is 9.00. The molecule has 0 bridgehead atoms. The van der Waals surface area contributed by atoms with E-state index in [0.717, 1.165) is 6.42 Å². The monoisotopic (exact) mass is 292 g/mol. The summed E-state index contributed by atoms with van der Waals surface area (Å²) >= 11 is 0. The summed E-state index contributed by atoms with van der Waals surface area (Å²) in [6.07, 6.45) is 1.18. The molecule has 0 radical (unpaired) electrons. The van der Waals surface area contributed by atoms with E-state index in [2.05, 4.69) is 5.32 Å². The maximum atomic E-state index is 11.9. The Morgan fingerprint density at radius 1 is 1.24 bits per heavy atom. The zero-order chi connectivity index (χ0) is 15.7. The largest absolute Gasteiger partial charge is 0.492 e. The summed E-state index contributed by atoms with van der Waals surface area (Å²) in [5.74, 6) is 0.506. The lowest BCUT2D eigenvalue weighted by Crippen LogP contribution is -2.34. The van der Waals surface area contributed by atoms with E-state index in [1.807, 2.05) is 38.1 Å². The van der Waals surface area contributed by atoms with Crippen molar-refractivity contribution in [3.8, 4) is 5.75 Å². The highest BCUT2D eigenvalue weighted by atomic mass is 16.5. The van der Waals surface area contributed by atoms with Crippen LogP contribution in [0.1, 0.15) is 33.6 Å². The number of amides is 2. The second-order valence-electron chi connectivity index (χ2n) is 4.67. The smallest absolute Gasteiger partial charge is 0.223 e. The Kier molecular flexibility index (Phi) is 7.29. The maximum Gasteiger partial charge on any atom is 0.223 e. The van der Waals surface area contributed by atoms with E-state index < -0.39 is 0 Å². The van der Waals surface area contributed by atoms with Gasteiger partial charge in [0.05, 0.1) is 12.3 Å². The maximum absolute atomic E-state index is 11.9. The first-order valence-electron chi connectivity index (χ1n) is 7.36. The normalized spacial score (nSPS) is 10.0. The van der Waals surface area contributed by atoms with Gasteiger partial charge < -0.3 is 15.0 Å². The van der Waals surface area contributed by atoms with Crippen LogP contribution in [-0.2, 0) is 9.59 Å². The van der Waals surface area contributed by atoms with Gasteiger partial charge in [-0.15, -0.1) is 0 Å². The Hall–Kier alpha value is -2.04. The number of nitrogens with one attached hydrogen (secondary N) is 1. The van der Waals surface area contributed by atoms with Crippen LogP contribution in [0.25, 0.3) is 0 Å². The third-order valence-electron chi connectivity index (χ3n) is 2.97. The van der Waals surface area contributed by atoms with Crippen molar-refractivity contribution in [1.29, 1.82) is 0 Å². The van der Waals surface area contributed by atoms with E-state index in [1.54, 1.807) is 4.90 Å². The predicted molar refractivity (Wildman–Crippen MR) is 83.6 cm³/mol. The molecule has 1 aromatic carbocycles. The van der Waals surface area contributed by atoms with Crippen LogP contribution in [0.4, 0.5) is 5.69 Å². The van der Waals surface area contributed by atoms with Gasteiger partial charge in [-0.1, -0.05) is 19.1 Å². The van der Waals surface area contributed by atoms with Gasteiger partial charge in [0.2, 0.25) is 11.8 Å². The van der Waals surface area contributed by atoms with E-state index in [1.165, 1.54) is 6.92 Å². The Morgan fingerprint density at radius 3 is 2.57 bits per heavy atom. The van der Waals surface area contributed by atoms with Gasteiger partial charge in [-0.2, -0.15) is 0 Å². The molecule has 0 aliphatic heterocycles. The summed E-state index contributed by atoms with van der Waals surface area (Å²) in [6, 6.07) is 7.37. The SMILES string of the molecule is CCCNC(=O)CCN(C(C)=O)c1ccccc1OCC.